The zero-order valence-electron chi connectivity index (χ0n) is 15.3. The molecule has 0 atom stereocenters. The fraction of sp³-hybridized carbons (Fsp3) is 0.263. The van der Waals surface area contributed by atoms with Crippen molar-refractivity contribution in [2.24, 2.45) is 0 Å². The Morgan fingerprint density at radius 3 is 2.37 bits per heavy atom. The fourth-order valence-electron chi connectivity index (χ4n) is 2.36. The van der Waals surface area contributed by atoms with Crippen LogP contribution in [0, 0.1) is 24.0 Å². The topological polar surface area (TPSA) is 108 Å². The summed E-state index contributed by atoms with van der Waals surface area (Å²) in [5.74, 6) is -0.719. The van der Waals surface area contributed by atoms with Crippen LogP contribution in [-0.4, -0.2) is 30.0 Å². The monoisotopic (exact) mass is 372 g/mol. The van der Waals surface area contributed by atoms with Gasteiger partial charge in [0, 0.05) is 6.07 Å². The predicted octanol–water partition coefficient (Wildman–Crippen LogP) is 3.41. The van der Waals surface area contributed by atoms with Crippen molar-refractivity contribution in [3.05, 3.63) is 63.2 Å². The zero-order chi connectivity index (χ0) is 20.0. The lowest BCUT2D eigenvalue weighted by molar-refractivity contribution is -0.384. The molecule has 0 heterocycles. The number of carbonyl (C=O) groups is 2. The first-order chi connectivity index (χ1) is 12.8. The van der Waals surface area contributed by atoms with E-state index >= 15 is 0 Å². The normalized spacial score (nSPS) is 10.2. The highest BCUT2D eigenvalue weighted by Crippen LogP contribution is 2.30. The first-order valence-electron chi connectivity index (χ1n) is 8.28. The van der Waals surface area contributed by atoms with E-state index in [0.29, 0.717) is 17.9 Å². The third kappa shape index (κ3) is 5.04. The van der Waals surface area contributed by atoms with Gasteiger partial charge in [-0.05, 0) is 56.2 Å². The number of nitro groups is 1. The van der Waals surface area contributed by atoms with Gasteiger partial charge in [0.25, 0.3) is 11.6 Å². The smallest absolute Gasteiger partial charge is 0.338 e. The summed E-state index contributed by atoms with van der Waals surface area (Å²) in [5.41, 5.74) is 1.52. The molecule has 2 aromatic rings. The van der Waals surface area contributed by atoms with Gasteiger partial charge in [0.1, 0.15) is 11.4 Å². The number of anilines is 1. The van der Waals surface area contributed by atoms with Crippen LogP contribution < -0.4 is 10.1 Å². The first-order valence-corrected chi connectivity index (χ1v) is 8.28. The van der Waals surface area contributed by atoms with Crippen molar-refractivity contribution in [2.45, 2.75) is 20.8 Å². The van der Waals surface area contributed by atoms with Gasteiger partial charge in [0.2, 0.25) is 0 Å². The number of benzene rings is 2. The first kappa shape index (κ1) is 19.9. The van der Waals surface area contributed by atoms with Gasteiger partial charge in [-0.25, -0.2) is 4.79 Å². The van der Waals surface area contributed by atoms with Crippen molar-refractivity contribution in [1.82, 2.24) is 0 Å². The predicted molar refractivity (Wildman–Crippen MR) is 99.1 cm³/mol. The van der Waals surface area contributed by atoms with Crippen LogP contribution in [0.25, 0.3) is 0 Å². The molecule has 1 N–H and O–H groups in total. The largest absolute Gasteiger partial charge is 0.494 e. The number of hydrogen-bond acceptors (Lipinski definition) is 6. The number of amides is 1. The van der Waals surface area contributed by atoms with Gasteiger partial charge in [-0.3, -0.25) is 14.9 Å². The van der Waals surface area contributed by atoms with Crippen LogP contribution in [0.5, 0.6) is 5.75 Å². The third-order valence-corrected chi connectivity index (χ3v) is 3.91. The molecule has 2 rings (SSSR count). The Kier molecular flexibility index (Phi) is 6.48. The summed E-state index contributed by atoms with van der Waals surface area (Å²) in [6.07, 6.45) is 0. The highest BCUT2D eigenvalue weighted by molar-refractivity contribution is 5.97. The van der Waals surface area contributed by atoms with E-state index in [-0.39, 0.29) is 16.9 Å². The Labute approximate surface area is 156 Å². The molecular formula is C19H20N2O6. The van der Waals surface area contributed by atoms with Crippen LogP contribution in [0.4, 0.5) is 11.4 Å². The maximum Gasteiger partial charge on any atom is 0.338 e. The quantitative estimate of drug-likeness (QED) is 0.453. The number of aryl methyl sites for hydroxylation is 1. The Morgan fingerprint density at radius 2 is 1.78 bits per heavy atom. The molecule has 0 aromatic heterocycles. The van der Waals surface area contributed by atoms with E-state index in [1.165, 1.54) is 18.2 Å². The number of esters is 1. The van der Waals surface area contributed by atoms with Crippen molar-refractivity contribution in [3.8, 4) is 5.75 Å². The Morgan fingerprint density at radius 1 is 1.11 bits per heavy atom. The third-order valence-electron chi connectivity index (χ3n) is 3.91. The molecule has 0 aliphatic heterocycles. The van der Waals surface area contributed by atoms with Gasteiger partial charge < -0.3 is 14.8 Å². The minimum Gasteiger partial charge on any atom is -0.494 e. The molecule has 0 fully saturated rings. The number of hydrogen-bond donors (Lipinski definition) is 1. The lowest BCUT2D eigenvalue weighted by Crippen LogP contribution is -2.22. The zero-order valence-corrected chi connectivity index (χ0v) is 15.3. The Bertz CT molecular complexity index is 861. The van der Waals surface area contributed by atoms with Crippen LogP contribution in [0.2, 0.25) is 0 Å². The van der Waals surface area contributed by atoms with E-state index in [2.05, 4.69) is 5.32 Å². The number of rotatable bonds is 7. The number of carbonyl (C=O) groups excluding carboxylic acids is 2. The molecule has 0 radical (unpaired) electrons. The molecule has 0 saturated carbocycles. The van der Waals surface area contributed by atoms with Crippen molar-refractivity contribution in [2.75, 3.05) is 18.5 Å². The van der Waals surface area contributed by atoms with Crippen molar-refractivity contribution >= 4 is 23.3 Å². The molecular weight excluding hydrogens is 352 g/mol. The standard InChI is InChI=1S/C19H20N2O6/c1-4-26-15-8-6-14(7-9-15)19(23)27-11-17(22)20-18-13(3)12(2)5-10-16(18)21(24)25/h5-10H,4,11H2,1-3H3,(H,20,22). The van der Waals surface area contributed by atoms with Crippen molar-refractivity contribution in [1.29, 1.82) is 0 Å². The summed E-state index contributed by atoms with van der Waals surface area (Å²) in [4.78, 5) is 34.7. The lowest BCUT2D eigenvalue weighted by atomic mass is 10.1. The molecule has 0 aliphatic rings. The molecule has 0 bridgehead atoms. The summed E-state index contributed by atoms with van der Waals surface area (Å²) in [7, 11) is 0. The van der Waals surface area contributed by atoms with E-state index in [9.17, 15) is 19.7 Å². The second-order valence-electron chi connectivity index (χ2n) is 5.74. The summed E-state index contributed by atoms with van der Waals surface area (Å²) >= 11 is 0. The van der Waals surface area contributed by atoms with E-state index in [1.807, 2.05) is 6.92 Å². The molecule has 27 heavy (non-hydrogen) atoms. The highest BCUT2D eigenvalue weighted by atomic mass is 16.6. The minimum absolute atomic E-state index is 0.0992. The van der Waals surface area contributed by atoms with Gasteiger partial charge >= 0.3 is 5.97 Å². The average Bonchev–Trinajstić information content (AvgIpc) is 2.64. The molecule has 1 amide bonds. The summed E-state index contributed by atoms with van der Waals surface area (Å²) in [6, 6.07) is 9.24. The van der Waals surface area contributed by atoms with Crippen molar-refractivity contribution in [3.63, 3.8) is 0 Å². The summed E-state index contributed by atoms with van der Waals surface area (Å²) in [5, 5.41) is 13.6. The van der Waals surface area contributed by atoms with Crippen LogP contribution in [-0.2, 0) is 9.53 Å². The van der Waals surface area contributed by atoms with Crippen molar-refractivity contribution < 1.29 is 24.0 Å². The highest BCUT2D eigenvalue weighted by Gasteiger charge is 2.20. The van der Waals surface area contributed by atoms with Gasteiger partial charge in [-0.15, -0.1) is 0 Å². The number of nitro benzene ring substituents is 1. The lowest BCUT2D eigenvalue weighted by Gasteiger charge is -2.11. The maximum atomic E-state index is 12.1. The molecule has 0 unspecified atom stereocenters. The molecule has 142 valence electrons. The van der Waals surface area contributed by atoms with Gasteiger partial charge in [0.05, 0.1) is 17.1 Å². The van der Waals surface area contributed by atoms with E-state index in [0.717, 1.165) is 5.56 Å². The number of nitrogens with zero attached hydrogens (tertiary/aromatic N) is 1. The van der Waals surface area contributed by atoms with Crippen LogP contribution in [0.1, 0.15) is 28.4 Å². The van der Waals surface area contributed by atoms with E-state index in [4.69, 9.17) is 9.47 Å². The molecule has 2 aromatic carbocycles. The second kappa shape index (κ2) is 8.79. The van der Waals surface area contributed by atoms with Gasteiger partial charge in [-0.1, -0.05) is 6.07 Å². The maximum absolute atomic E-state index is 12.1. The molecule has 8 nitrogen and oxygen atoms in total. The van der Waals surface area contributed by atoms with Crippen LogP contribution in [0.3, 0.4) is 0 Å². The van der Waals surface area contributed by atoms with Crippen LogP contribution >= 0.6 is 0 Å². The van der Waals surface area contributed by atoms with Crippen LogP contribution in [0.15, 0.2) is 36.4 Å². The number of ether oxygens (including phenoxy) is 2. The Balaban J connectivity index is 2.01. The molecule has 0 spiro atoms. The molecule has 0 saturated heterocycles. The second-order valence-corrected chi connectivity index (χ2v) is 5.74. The molecule has 0 aliphatic carbocycles. The minimum atomic E-state index is -0.677. The SMILES string of the molecule is CCOc1ccc(C(=O)OCC(=O)Nc2c([N+](=O)[O-])ccc(C)c2C)cc1. The summed E-state index contributed by atoms with van der Waals surface area (Å²) < 4.78 is 10.3. The van der Waals surface area contributed by atoms with E-state index in [1.54, 1.807) is 32.0 Å². The average molecular weight is 372 g/mol. The van der Waals surface area contributed by atoms with Gasteiger partial charge in [-0.2, -0.15) is 0 Å². The number of nitrogens with one attached hydrogen (secondary N) is 1. The summed E-state index contributed by atoms with van der Waals surface area (Å²) in [6.45, 7) is 5.25. The Hall–Kier alpha value is -3.42. The van der Waals surface area contributed by atoms with E-state index < -0.39 is 23.4 Å². The fourth-order valence-corrected chi connectivity index (χ4v) is 2.36. The molecule has 8 heteroatoms. The van der Waals surface area contributed by atoms with Gasteiger partial charge in [0.15, 0.2) is 6.61 Å².